The van der Waals surface area contributed by atoms with Crippen LogP contribution < -0.4 is 5.73 Å². The first-order valence-corrected chi connectivity index (χ1v) is 7.48. The Balaban J connectivity index is 2.25. The number of rotatable bonds is 2. The van der Waals surface area contributed by atoms with Crippen molar-refractivity contribution < 1.29 is 4.39 Å². The molecule has 0 fully saturated rings. The molecule has 0 aliphatic carbocycles. The Labute approximate surface area is 135 Å². The molecule has 0 aliphatic rings. The summed E-state index contributed by atoms with van der Waals surface area (Å²) in [5.74, 6) is 0.235. The van der Waals surface area contributed by atoms with Crippen molar-refractivity contribution in [2.24, 2.45) is 7.05 Å². The number of hydrogen-bond acceptors (Lipinski definition) is 2. The summed E-state index contributed by atoms with van der Waals surface area (Å²) < 4.78 is 16.3. The molecule has 0 saturated carbocycles. The quantitative estimate of drug-likeness (QED) is 0.667. The van der Waals surface area contributed by atoms with Gasteiger partial charge in [0.2, 0.25) is 0 Å². The molecule has 5 heteroatoms. The summed E-state index contributed by atoms with van der Waals surface area (Å²) in [6, 6.07) is 14.4. The fraction of sp³-hybridized carbons (Fsp3) is 0.0625. The smallest absolute Gasteiger partial charge is 0.129 e. The lowest BCUT2D eigenvalue weighted by molar-refractivity contribution is 0.628. The predicted molar refractivity (Wildman–Crippen MR) is 91.2 cm³/mol. The monoisotopic (exact) mass is 393 g/mol. The maximum atomic E-state index is 13.5. The van der Waals surface area contributed by atoms with Gasteiger partial charge in [0.15, 0.2) is 0 Å². The molecule has 106 valence electrons. The number of halogens is 2. The molecular weight excluding hydrogens is 380 g/mol. The summed E-state index contributed by atoms with van der Waals surface area (Å²) in [6.45, 7) is 0. The SMILES string of the molecule is Cn1nc(-c2cccc(I)c2)c(-c2cccc(F)c2)c1N. The molecule has 0 amide bonds. The number of anilines is 1. The fourth-order valence-electron chi connectivity index (χ4n) is 2.30. The highest BCUT2D eigenvalue weighted by Gasteiger charge is 2.17. The molecular formula is C16H13FIN3. The lowest BCUT2D eigenvalue weighted by Crippen LogP contribution is -1.98. The average Bonchev–Trinajstić information content (AvgIpc) is 2.75. The van der Waals surface area contributed by atoms with Crippen molar-refractivity contribution in [1.82, 2.24) is 9.78 Å². The second kappa shape index (κ2) is 5.48. The minimum absolute atomic E-state index is 0.288. The molecule has 0 bridgehead atoms. The predicted octanol–water partition coefficient (Wildman–Crippen LogP) is 4.08. The molecule has 0 unspecified atom stereocenters. The highest BCUT2D eigenvalue weighted by atomic mass is 127. The van der Waals surface area contributed by atoms with Crippen LogP contribution in [0.2, 0.25) is 0 Å². The van der Waals surface area contributed by atoms with Crippen LogP contribution in [-0.4, -0.2) is 9.78 Å². The van der Waals surface area contributed by atoms with E-state index in [0.717, 1.165) is 26.0 Å². The third-order valence-electron chi connectivity index (χ3n) is 3.30. The molecule has 0 aliphatic heterocycles. The van der Waals surface area contributed by atoms with Gasteiger partial charge in [-0.3, -0.25) is 4.68 Å². The van der Waals surface area contributed by atoms with Crippen LogP contribution in [0.5, 0.6) is 0 Å². The Morgan fingerprint density at radius 2 is 1.81 bits per heavy atom. The summed E-state index contributed by atoms with van der Waals surface area (Å²) in [5, 5.41) is 4.49. The summed E-state index contributed by atoms with van der Waals surface area (Å²) in [7, 11) is 1.79. The first-order chi connectivity index (χ1) is 10.1. The van der Waals surface area contributed by atoms with Crippen LogP contribution >= 0.6 is 22.6 Å². The average molecular weight is 393 g/mol. The van der Waals surface area contributed by atoms with E-state index in [0.29, 0.717) is 5.82 Å². The normalized spacial score (nSPS) is 10.8. The molecule has 2 N–H and O–H groups in total. The highest BCUT2D eigenvalue weighted by Crippen LogP contribution is 2.36. The Hall–Kier alpha value is -1.89. The number of nitrogens with two attached hydrogens (primary N) is 1. The second-order valence-electron chi connectivity index (χ2n) is 4.75. The lowest BCUT2D eigenvalue weighted by atomic mass is 10.0. The van der Waals surface area contributed by atoms with Crippen LogP contribution in [0.3, 0.4) is 0 Å². The fourth-order valence-corrected chi connectivity index (χ4v) is 2.85. The van der Waals surface area contributed by atoms with Crippen LogP contribution in [-0.2, 0) is 7.05 Å². The first kappa shape index (κ1) is 14.1. The van der Waals surface area contributed by atoms with Crippen LogP contribution in [0, 0.1) is 9.39 Å². The van der Waals surface area contributed by atoms with Crippen molar-refractivity contribution in [2.75, 3.05) is 5.73 Å². The molecule has 0 atom stereocenters. The molecule has 3 aromatic rings. The van der Waals surface area contributed by atoms with Gasteiger partial charge in [0.25, 0.3) is 0 Å². The molecule has 21 heavy (non-hydrogen) atoms. The third-order valence-corrected chi connectivity index (χ3v) is 3.97. The van der Waals surface area contributed by atoms with Crippen LogP contribution in [0.25, 0.3) is 22.4 Å². The minimum atomic E-state index is -0.288. The van der Waals surface area contributed by atoms with E-state index in [-0.39, 0.29) is 5.82 Å². The Morgan fingerprint density at radius 3 is 2.52 bits per heavy atom. The Kier molecular flexibility index (Phi) is 3.67. The van der Waals surface area contributed by atoms with Gasteiger partial charge in [-0.2, -0.15) is 5.10 Å². The molecule has 1 aromatic heterocycles. The van der Waals surface area contributed by atoms with Crippen LogP contribution in [0.4, 0.5) is 10.2 Å². The van der Waals surface area contributed by atoms with Crippen molar-refractivity contribution in [3.63, 3.8) is 0 Å². The van der Waals surface area contributed by atoms with E-state index in [1.807, 2.05) is 30.3 Å². The van der Waals surface area contributed by atoms with Crippen LogP contribution in [0.15, 0.2) is 48.5 Å². The maximum absolute atomic E-state index is 13.5. The highest BCUT2D eigenvalue weighted by molar-refractivity contribution is 14.1. The number of hydrogen-bond donors (Lipinski definition) is 1. The first-order valence-electron chi connectivity index (χ1n) is 6.40. The minimum Gasteiger partial charge on any atom is -0.383 e. The van der Waals surface area contributed by atoms with Gasteiger partial charge in [0.05, 0.1) is 5.56 Å². The van der Waals surface area contributed by atoms with Crippen molar-refractivity contribution in [1.29, 1.82) is 0 Å². The molecule has 3 nitrogen and oxygen atoms in total. The number of aromatic nitrogens is 2. The van der Waals surface area contributed by atoms with Gasteiger partial charge < -0.3 is 5.73 Å². The van der Waals surface area contributed by atoms with E-state index in [4.69, 9.17) is 5.73 Å². The van der Waals surface area contributed by atoms with Gasteiger partial charge in [-0.05, 0) is 52.4 Å². The molecule has 1 heterocycles. The van der Waals surface area contributed by atoms with Crippen molar-refractivity contribution in [3.05, 3.63) is 57.9 Å². The molecule has 0 saturated heterocycles. The standard InChI is InChI=1S/C16H13FIN3/c1-21-16(19)14(10-4-2-6-12(17)8-10)15(20-21)11-5-3-7-13(18)9-11/h2-9H,19H2,1H3. The lowest BCUT2D eigenvalue weighted by Gasteiger charge is -2.05. The van der Waals surface area contributed by atoms with Gasteiger partial charge in [-0.25, -0.2) is 4.39 Å². The zero-order valence-electron chi connectivity index (χ0n) is 11.3. The summed E-state index contributed by atoms with van der Waals surface area (Å²) in [5.41, 5.74) is 9.36. The van der Waals surface area contributed by atoms with E-state index < -0.39 is 0 Å². The Morgan fingerprint density at radius 1 is 1.10 bits per heavy atom. The number of nitrogen functional groups attached to an aromatic ring is 1. The third kappa shape index (κ3) is 2.65. The zero-order chi connectivity index (χ0) is 15.0. The Bertz CT molecular complexity index is 811. The van der Waals surface area contributed by atoms with Crippen molar-refractivity contribution in [2.45, 2.75) is 0 Å². The molecule has 3 rings (SSSR count). The summed E-state index contributed by atoms with van der Waals surface area (Å²) >= 11 is 2.25. The van der Waals surface area contributed by atoms with Gasteiger partial charge in [-0.15, -0.1) is 0 Å². The van der Waals surface area contributed by atoms with Crippen molar-refractivity contribution in [3.8, 4) is 22.4 Å². The summed E-state index contributed by atoms with van der Waals surface area (Å²) in [4.78, 5) is 0. The number of nitrogens with zero attached hydrogens (tertiary/aromatic N) is 2. The van der Waals surface area contributed by atoms with E-state index in [1.54, 1.807) is 17.8 Å². The van der Waals surface area contributed by atoms with E-state index in [1.165, 1.54) is 12.1 Å². The van der Waals surface area contributed by atoms with Crippen molar-refractivity contribution >= 4 is 28.4 Å². The van der Waals surface area contributed by atoms with Gasteiger partial charge >= 0.3 is 0 Å². The van der Waals surface area contributed by atoms with E-state index in [2.05, 4.69) is 27.7 Å². The number of benzene rings is 2. The number of aryl methyl sites for hydroxylation is 1. The largest absolute Gasteiger partial charge is 0.383 e. The van der Waals surface area contributed by atoms with E-state index >= 15 is 0 Å². The van der Waals surface area contributed by atoms with Gasteiger partial charge in [0, 0.05) is 16.2 Å². The van der Waals surface area contributed by atoms with Crippen LogP contribution in [0.1, 0.15) is 0 Å². The molecule has 0 spiro atoms. The van der Waals surface area contributed by atoms with Gasteiger partial charge in [0.1, 0.15) is 17.3 Å². The maximum Gasteiger partial charge on any atom is 0.129 e. The molecule has 0 radical (unpaired) electrons. The topological polar surface area (TPSA) is 43.8 Å². The second-order valence-corrected chi connectivity index (χ2v) is 6.00. The zero-order valence-corrected chi connectivity index (χ0v) is 13.5. The summed E-state index contributed by atoms with van der Waals surface area (Å²) in [6.07, 6.45) is 0. The molecule has 2 aromatic carbocycles. The van der Waals surface area contributed by atoms with Gasteiger partial charge in [-0.1, -0.05) is 24.3 Å². The van der Waals surface area contributed by atoms with E-state index in [9.17, 15) is 4.39 Å².